The lowest BCUT2D eigenvalue weighted by Crippen LogP contribution is -2.25. The minimum absolute atomic E-state index is 0.0544. The Labute approximate surface area is 358 Å². The zero-order valence-corrected chi connectivity index (χ0v) is 38.7. The van der Waals surface area contributed by atoms with Crippen molar-refractivity contribution >= 4 is 22.7 Å². The highest BCUT2D eigenvalue weighted by molar-refractivity contribution is 7.13. The molecule has 4 heteroatoms. The maximum Gasteiger partial charge on any atom is 0.0801 e. The second-order valence-corrected chi connectivity index (χ2v) is 19.3. The lowest BCUT2D eigenvalue weighted by molar-refractivity contribution is 0.398. The summed E-state index contributed by atoms with van der Waals surface area (Å²) in [6.07, 6.45) is 39.7. The maximum absolute atomic E-state index is 4.98. The van der Waals surface area contributed by atoms with Crippen LogP contribution in [0.25, 0.3) is 32.0 Å². The van der Waals surface area contributed by atoms with E-state index in [9.17, 15) is 0 Å². The summed E-state index contributed by atoms with van der Waals surface area (Å²) >= 11 is 3.73. The molecular weight excluding hydrogens is 729 g/mol. The molecule has 2 aromatic heterocycles. The summed E-state index contributed by atoms with van der Waals surface area (Å²) in [7, 11) is 0. The minimum atomic E-state index is 0.0544. The van der Waals surface area contributed by atoms with Crippen LogP contribution in [0, 0.1) is 0 Å². The standard InChI is InChI=1S/C53H80N2S2/c1-5-9-13-17-21-23-27-31-49-51(56-41-54-49)43-33-35-45-46-36-34-44(52-50(55-42-57-52)32-28-24-22-18-14-10-6-2)40-48(46)53(47(45)39-43,37-29-25-19-15-11-7-3)38-30-26-20-16-12-8-4/h33-36,39-42H,5-32,37-38H2,1-4H3. The fourth-order valence-corrected chi connectivity index (χ4v) is 11.4. The summed E-state index contributed by atoms with van der Waals surface area (Å²) in [5.74, 6) is 0. The molecule has 2 heterocycles. The fourth-order valence-electron chi connectivity index (χ4n) is 9.72. The predicted molar refractivity (Wildman–Crippen MR) is 254 cm³/mol. The van der Waals surface area contributed by atoms with Gasteiger partial charge in [-0.2, -0.15) is 0 Å². The highest BCUT2D eigenvalue weighted by Crippen LogP contribution is 2.56. The molecule has 0 saturated carbocycles. The van der Waals surface area contributed by atoms with Gasteiger partial charge in [0.05, 0.1) is 32.2 Å². The molecule has 0 aliphatic heterocycles. The van der Waals surface area contributed by atoms with Crippen molar-refractivity contribution in [1.82, 2.24) is 9.97 Å². The SMILES string of the molecule is CCCCCCCCCc1ncsc1-c1ccc2c(c1)C(CCCCCCCC)(CCCCCCCC)c1cc(-c3scnc3CCCCCCCCC)ccc1-2. The van der Waals surface area contributed by atoms with Crippen molar-refractivity contribution in [2.45, 2.75) is 226 Å². The molecule has 0 spiro atoms. The van der Waals surface area contributed by atoms with Gasteiger partial charge >= 0.3 is 0 Å². The van der Waals surface area contributed by atoms with E-state index in [0.717, 1.165) is 12.8 Å². The van der Waals surface area contributed by atoms with Crippen molar-refractivity contribution in [3.63, 3.8) is 0 Å². The average molecular weight is 809 g/mol. The number of hydrogen-bond acceptors (Lipinski definition) is 4. The Kier molecular flexibility index (Phi) is 20.9. The molecule has 57 heavy (non-hydrogen) atoms. The maximum atomic E-state index is 4.98. The topological polar surface area (TPSA) is 25.8 Å². The highest BCUT2D eigenvalue weighted by atomic mass is 32.1. The highest BCUT2D eigenvalue weighted by Gasteiger charge is 2.43. The molecule has 0 bridgehead atoms. The summed E-state index contributed by atoms with van der Waals surface area (Å²) in [6, 6.07) is 15.2. The van der Waals surface area contributed by atoms with Crippen LogP contribution >= 0.6 is 22.7 Å². The first-order chi connectivity index (χ1) is 28.2. The molecule has 2 aromatic carbocycles. The van der Waals surface area contributed by atoms with Gasteiger partial charge in [-0.3, -0.25) is 0 Å². The van der Waals surface area contributed by atoms with Crippen LogP contribution in [0.4, 0.5) is 0 Å². The van der Waals surface area contributed by atoms with Crippen molar-refractivity contribution < 1.29 is 0 Å². The largest absolute Gasteiger partial charge is 0.249 e. The molecule has 4 aromatic rings. The zero-order chi connectivity index (χ0) is 40.0. The van der Waals surface area contributed by atoms with Gasteiger partial charge in [0.15, 0.2) is 0 Å². The fraction of sp³-hybridized carbons (Fsp3) is 0.660. The summed E-state index contributed by atoms with van der Waals surface area (Å²) in [5.41, 5.74) is 15.9. The van der Waals surface area contributed by atoms with Crippen LogP contribution in [0.15, 0.2) is 47.4 Å². The number of aromatic nitrogens is 2. The van der Waals surface area contributed by atoms with E-state index >= 15 is 0 Å². The van der Waals surface area contributed by atoms with E-state index < -0.39 is 0 Å². The number of fused-ring (bicyclic) bond motifs is 3. The number of aryl methyl sites for hydroxylation is 2. The quantitative estimate of drug-likeness (QED) is 0.0459. The van der Waals surface area contributed by atoms with Crippen LogP contribution in [0.5, 0.6) is 0 Å². The lowest BCUT2D eigenvalue weighted by Gasteiger charge is -2.33. The van der Waals surface area contributed by atoms with E-state index in [2.05, 4.69) is 75.1 Å². The van der Waals surface area contributed by atoms with Crippen molar-refractivity contribution in [3.8, 4) is 32.0 Å². The average Bonchev–Trinajstić information content (AvgIpc) is 3.97. The second-order valence-electron chi connectivity index (χ2n) is 17.6. The van der Waals surface area contributed by atoms with E-state index in [1.54, 1.807) is 11.1 Å². The molecule has 0 saturated heterocycles. The molecule has 0 unspecified atom stereocenters. The Morgan fingerprint density at radius 2 is 0.737 bits per heavy atom. The van der Waals surface area contributed by atoms with Crippen LogP contribution < -0.4 is 0 Å². The molecular formula is C53H80N2S2. The summed E-state index contributed by atoms with van der Waals surface area (Å²) < 4.78 is 0. The second kappa shape index (κ2) is 26.0. The minimum Gasteiger partial charge on any atom is -0.249 e. The molecule has 0 amide bonds. The van der Waals surface area contributed by atoms with E-state index in [4.69, 9.17) is 9.97 Å². The van der Waals surface area contributed by atoms with Crippen LogP contribution in [0.3, 0.4) is 0 Å². The van der Waals surface area contributed by atoms with Crippen molar-refractivity contribution in [2.24, 2.45) is 0 Å². The van der Waals surface area contributed by atoms with Crippen molar-refractivity contribution in [1.29, 1.82) is 0 Å². The molecule has 0 fully saturated rings. The van der Waals surface area contributed by atoms with Gasteiger partial charge in [0.2, 0.25) is 0 Å². The number of unbranched alkanes of at least 4 members (excludes halogenated alkanes) is 22. The Bertz CT molecular complexity index is 1560. The number of nitrogens with zero attached hydrogens (tertiary/aromatic N) is 2. The molecule has 5 rings (SSSR count). The van der Waals surface area contributed by atoms with Gasteiger partial charge in [0.1, 0.15) is 0 Å². The summed E-state index contributed by atoms with van der Waals surface area (Å²) in [4.78, 5) is 12.8. The Morgan fingerprint density at radius 1 is 0.404 bits per heavy atom. The first-order valence-electron chi connectivity index (χ1n) is 24.3. The van der Waals surface area contributed by atoms with Crippen LogP contribution in [-0.2, 0) is 18.3 Å². The number of hydrogen-bond donors (Lipinski definition) is 0. The third-order valence-corrected chi connectivity index (χ3v) is 15.0. The van der Waals surface area contributed by atoms with Gasteiger partial charge < -0.3 is 0 Å². The van der Waals surface area contributed by atoms with Crippen molar-refractivity contribution in [3.05, 3.63) is 69.9 Å². The van der Waals surface area contributed by atoms with Gasteiger partial charge in [-0.25, -0.2) is 9.97 Å². The van der Waals surface area contributed by atoms with Gasteiger partial charge in [0.25, 0.3) is 0 Å². The van der Waals surface area contributed by atoms with Crippen molar-refractivity contribution in [2.75, 3.05) is 0 Å². The van der Waals surface area contributed by atoms with E-state index in [0.29, 0.717) is 0 Å². The number of benzene rings is 2. The third-order valence-electron chi connectivity index (χ3n) is 13.1. The van der Waals surface area contributed by atoms with Gasteiger partial charge in [-0.05, 0) is 84.0 Å². The van der Waals surface area contributed by atoms with E-state index in [1.807, 2.05) is 22.7 Å². The molecule has 314 valence electrons. The molecule has 0 N–H and O–H groups in total. The van der Waals surface area contributed by atoms with E-state index in [1.165, 1.54) is 223 Å². The molecule has 1 aliphatic carbocycles. The molecule has 1 aliphatic rings. The zero-order valence-electron chi connectivity index (χ0n) is 37.0. The Balaban J connectivity index is 1.45. The summed E-state index contributed by atoms with van der Waals surface area (Å²) in [6.45, 7) is 9.29. The number of thiazole rings is 2. The molecule has 2 nitrogen and oxygen atoms in total. The summed E-state index contributed by atoms with van der Waals surface area (Å²) in [5, 5.41) is 0. The third kappa shape index (κ3) is 13.3. The van der Waals surface area contributed by atoms with Gasteiger partial charge in [0, 0.05) is 5.41 Å². The first kappa shape index (κ1) is 45.8. The van der Waals surface area contributed by atoms with Crippen LogP contribution in [-0.4, -0.2) is 9.97 Å². The smallest absolute Gasteiger partial charge is 0.0801 e. The van der Waals surface area contributed by atoms with E-state index in [-0.39, 0.29) is 5.41 Å². The predicted octanol–water partition coefficient (Wildman–Crippen LogP) is 18.3. The van der Waals surface area contributed by atoms with Crippen LogP contribution in [0.2, 0.25) is 0 Å². The molecule has 0 atom stereocenters. The Hall–Kier alpha value is -2.30. The monoisotopic (exact) mass is 809 g/mol. The first-order valence-corrected chi connectivity index (χ1v) is 26.1. The van der Waals surface area contributed by atoms with Crippen LogP contribution in [0.1, 0.15) is 230 Å². The van der Waals surface area contributed by atoms with Gasteiger partial charge in [-0.1, -0.05) is 206 Å². The number of rotatable bonds is 32. The van der Waals surface area contributed by atoms with Gasteiger partial charge in [-0.15, -0.1) is 22.7 Å². The molecule has 0 radical (unpaired) electrons. The normalized spacial score (nSPS) is 13.1. The lowest BCUT2D eigenvalue weighted by atomic mass is 9.70. The Morgan fingerprint density at radius 3 is 1.11 bits per heavy atom.